The number of nitrogens with one attached hydrogen (secondary N) is 4. The molecule has 0 aliphatic heterocycles. The van der Waals surface area contributed by atoms with Gasteiger partial charge in [-0.05, 0) is 24.8 Å². The Hall–Kier alpha value is -3.73. The number of imidazole rings is 1. The summed E-state index contributed by atoms with van der Waals surface area (Å²) in [6.07, 6.45) is 3.35. The molecule has 0 bridgehead atoms. The molecule has 0 aliphatic carbocycles. The van der Waals surface area contributed by atoms with E-state index in [-0.39, 0.29) is 18.8 Å². The van der Waals surface area contributed by atoms with Gasteiger partial charge >= 0.3 is 5.97 Å². The van der Waals surface area contributed by atoms with Crippen LogP contribution in [0.4, 0.5) is 0 Å². The van der Waals surface area contributed by atoms with Crippen LogP contribution in [0.3, 0.4) is 0 Å². The van der Waals surface area contributed by atoms with Crippen LogP contribution in [0.15, 0.2) is 42.9 Å². The summed E-state index contributed by atoms with van der Waals surface area (Å²) in [6.45, 7) is 4.76. The molecule has 0 aliphatic rings. The highest BCUT2D eigenvalue weighted by molar-refractivity contribution is 5.94. The third-order valence-corrected chi connectivity index (χ3v) is 5.22. The quantitative estimate of drug-likeness (QED) is 0.246. The predicted octanol–water partition coefficient (Wildman–Crippen LogP) is -0.263. The summed E-state index contributed by atoms with van der Waals surface area (Å²) in [4.78, 5) is 56.4. The van der Waals surface area contributed by atoms with Crippen molar-refractivity contribution in [2.24, 2.45) is 11.7 Å². The molecule has 2 rings (SSSR count). The molecule has 4 unspecified atom stereocenters. The lowest BCUT2D eigenvalue weighted by Crippen LogP contribution is -2.58. The lowest BCUT2D eigenvalue weighted by atomic mass is 10.0. The summed E-state index contributed by atoms with van der Waals surface area (Å²) in [7, 11) is 0. The van der Waals surface area contributed by atoms with E-state index >= 15 is 0 Å². The van der Waals surface area contributed by atoms with E-state index < -0.39 is 47.9 Å². The second kappa shape index (κ2) is 12.5. The number of aliphatic carboxylic acids is 1. The van der Waals surface area contributed by atoms with Gasteiger partial charge in [-0.15, -0.1) is 0 Å². The number of rotatable bonds is 12. The average Bonchev–Trinajstić information content (AvgIpc) is 3.30. The van der Waals surface area contributed by atoms with E-state index in [0.717, 1.165) is 5.56 Å². The summed E-state index contributed by atoms with van der Waals surface area (Å²) in [6, 6.07) is 5.19. The third-order valence-electron chi connectivity index (χ3n) is 5.22. The molecule has 7 N–H and O–H groups in total. The number of hydrogen-bond donors (Lipinski definition) is 6. The minimum absolute atomic E-state index is 0.0909. The van der Waals surface area contributed by atoms with Crippen LogP contribution >= 0.6 is 0 Å². The molecular formula is C23H32N6O5. The monoisotopic (exact) mass is 472 g/mol. The fraction of sp³-hybridized carbons (Fsp3) is 0.435. The molecule has 1 heterocycles. The summed E-state index contributed by atoms with van der Waals surface area (Å²) in [5.41, 5.74) is 7.55. The molecule has 3 amide bonds. The Bertz CT molecular complexity index is 963. The summed E-state index contributed by atoms with van der Waals surface area (Å²) in [5.74, 6) is -3.29. The van der Waals surface area contributed by atoms with E-state index in [1.807, 2.05) is 30.3 Å². The number of H-pyrrole nitrogens is 1. The van der Waals surface area contributed by atoms with Crippen molar-refractivity contribution >= 4 is 23.7 Å². The number of hydrogen-bond acceptors (Lipinski definition) is 6. The lowest BCUT2D eigenvalue weighted by Gasteiger charge is -2.26. The molecule has 1 aromatic carbocycles. The van der Waals surface area contributed by atoms with Crippen molar-refractivity contribution < 1.29 is 24.3 Å². The van der Waals surface area contributed by atoms with E-state index in [2.05, 4.69) is 25.9 Å². The predicted molar refractivity (Wildman–Crippen MR) is 124 cm³/mol. The zero-order valence-corrected chi connectivity index (χ0v) is 19.4. The fourth-order valence-electron chi connectivity index (χ4n) is 3.22. The van der Waals surface area contributed by atoms with Crippen LogP contribution in [0.2, 0.25) is 0 Å². The second-order valence-electron chi connectivity index (χ2n) is 8.44. The Labute approximate surface area is 197 Å². The summed E-state index contributed by atoms with van der Waals surface area (Å²) >= 11 is 0. The number of aromatic amines is 1. The number of nitrogens with two attached hydrogens (primary N) is 1. The van der Waals surface area contributed by atoms with Crippen LogP contribution in [0.5, 0.6) is 0 Å². The highest BCUT2D eigenvalue weighted by Crippen LogP contribution is 2.07. The highest BCUT2D eigenvalue weighted by Gasteiger charge is 2.31. The van der Waals surface area contributed by atoms with Gasteiger partial charge in [-0.1, -0.05) is 44.2 Å². The first-order valence-corrected chi connectivity index (χ1v) is 11.0. The number of aromatic nitrogens is 2. The molecule has 4 atom stereocenters. The molecule has 11 heteroatoms. The van der Waals surface area contributed by atoms with Crippen molar-refractivity contribution in [3.8, 4) is 0 Å². The summed E-state index contributed by atoms with van der Waals surface area (Å²) < 4.78 is 0. The number of carboxylic acid groups (broad SMARTS) is 1. The number of benzene rings is 1. The van der Waals surface area contributed by atoms with Crippen molar-refractivity contribution in [3.05, 3.63) is 54.1 Å². The van der Waals surface area contributed by atoms with Crippen LogP contribution in [0.1, 0.15) is 32.0 Å². The van der Waals surface area contributed by atoms with Crippen molar-refractivity contribution in [2.45, 2.75) is 57.8 Å². The molecular weight excluding hydrogens is 440 g/mol. The Kier molecular flexibility index (Phi) is 9.75. The Morgan fingerprint density at radius 1 is 0.971 bits per heavy atom. The highest BCUT2D eigenvalue weighted by atomic mass is 16.4. The normalized spacial score (nSPS) is 14.5. The van der Waals surface area contributed by atoms with Crippen LogP contribution in [0, 0.1) is 5.92 Å². The van der Waals surface area contributed by atoms with Crippen molar-refractivity contribution in [2.75, 3.05) is 0 Å². The van der Waals surface area contributed by atoms with E-state index in [4.69, 9.17) is 10.8 Å². The first kappa shape index (κ1) is 26.5. The molecule has 0 radical (unpaired) electrons. The maximum Gasteiger partial charge on any atom is 0.325 e. The molecule has 11 nitrogen and oxygen atoms in total. The zero-order chi connectivity index (χ0) is 25.3. The molecule has 0 saturated carbocycles. The lowest BCUT2D eigenvalue weighted by molar-refractivity contribution is -0.142. The number of carboxylic acids is 1. The topological polar surface area (TPSA) is 179 Å². The van der Waals surface area contributed by atoms with Gasteiger partial charge in [-0.25, -0.2) is 4.98 Å². The Morgan fingerprint density at radius 2 is 1.65 bits per heavy atom. The number of amides is 3. The maximum atomic E-state index is 13.1. The van der Waals surface area contributed by atoms with Crippen molar-refractivity contribution in [1.29, 1.82) is 0 Å². The van der Waals surface area contributed by atoms with Crippen molar-refractivity contribution in [1.82, 2.24) is 25.9 Å². The largest absolute Gasteiger partial charge is 0.480 e. The van der Waals surface area contributed by atoms with Crippen molar-refractivity contribution in [3.63, 3.8) is 0 Å². The molecule has 1 aromatic heterocycles. The third kappa shape index (κ3) is 8.00. The van der Waals surface area contributed by atoms with Gasteiger partial charge in [0.15, 0.2) is 0 Å². The van der Waals surface area contributed by atoms with Gasteiger partial charge in [0, 0.05) is 18.3 Å². The molecule has 34 heavy (non-hydrogen) atoms. The van der Waals surface area contributed by atoms with Gasteiger partial charge in [0.05, 0.1) is 12.4 Å². The smallest absolute Gasteiger partial charge is 0.325 e. The van der Waals surface area contributed by atoms with E-state index in [1.54, 1.807) is 13.8 Å². The Balaban J connectivity index is 2.13. The van der Waals surface area contributed by atoms with Gasteiger partial charge in [0.2, 0.25) is 17.7 Å². The Morgan fingerprint density at radius 3 is 2.21 bits per heavy atom. The number of nitrogens with zero attached hydrogens (tertiary/aromatic N) is 1. The van der Waals surface area contributed by atoms with Gasteiger partial charge < -0.3 is 31.8 Å². The molecule has 0 saturated heterocycles. The van der Waals surface area contributed by atoms with Gasteiger partial charge in [0.25, 0.3) is 0 Å². The minimum Gasteiger partial charge on any atom is -0.480 e. The van der Waals surface area contributed by atoms with Crippen LogP contribution < -0.4 is 21.7 Å². The molecule has 2 aromatic rings. The number of carbonyl (C=O) groups excluding carboxylic acids is 3. The average molecular weight is 473 g/mol. The second-order valence-corrected chi connectivity index (χ2v) is 8.44. The van der Waals surface area contributed by atoms with E-state index in [1.165, 1.54) is 19.4 Å². The number of carbonyl (C=O) groups is 4. The summed E-state index contributed by atoms with van der Waals surface area (Å²) in [5, 5.41) is 16.7. The standard InChI is InChI=1S/C23H32N6O5/c1-13(2)19(22(32)27-14(3)23(33)34)29-21(31)18(10-16-11-25-12-26-16)28-20(30)17(24)9-15-7-5-4-6-8-15/h4-8,11-14,17-19H,9-10,24H2,1-3H3,(H,25,26)(H,27,32)(H,28,30)(H,29,31)(H,33,34). The molecule has 184 valence electrons. The fourth-order valence-corrected chi connectivity index (χ4v) is 3.22. The van der Waals surface area contributed by atoms with Gasteiger partial charge in [-0.3, -0.25) is 19.2 Å². The van der Waals surface area contributed by atoms with E-state index in [0.29, 0.717) is 5.69 Å². The van der Waals surface area contributed by atoms with Crippen LogP contribution in [0.25, 0.3) is 0 Å². The van der Waals surface area contributed by atoms with Gasteiger partial charge in [-0.2, -0.15) is 0 Å². The van der Waals surface area contributed by atoms with Crippen LogP contribution in [-0.4, -0.2) is 62.9 Å². The van der Waals surface area contributed by atoms with Crippen LogP contribution in [-0.2, 0) is 32.0 Å². The first-order chi connectivity index (χ1) is 16.1. The SMILES string of the molecule is CC(NC(=O)C(NC(=O)C(Cc1cnc[nH]1)NC(=O)C(N)Cc1ccccc1)C(C)C)C(=O)O. The zero-order valence-electron chi connectivity index (χ0n) is 19.4. The van der Waals surface area contributed by atoms with Gasteiger partial charge in [0.1, 0.15) is 18.1 Å². The first-order valence-electron chi connectivity index (χ1n) is 11.0. The minimum atomic E-state index is -1.20. The molecule has 0 fully saturated rings. The maximum absolute atomic E-state index is 13.1. The van der Waals surface area contributed by atoms with E-state index in [9.17, 15) is 19.2 Å². The molecule has 0 spiro atoms.